The number of phenolic OH excluding ortho intramolecular Hbond substituents is 2. The average Bonchev–Trinajstić information content (AvgIpc) is 2.65. The lowest BCUT2D eigenvalue weighted by molar-refractivity contribution is -0.141. The molecule has 0 radical (unpaired) electrons. The van der Waals surface area contributed by atoms with Crippen LogP contribution in [0.2, 0.25) is 0 Å². The van der Waals surface area contributed by atoms with Gasteiger partial charge in [-0.05, 0) is 67.9 Å². The van der Waals surface area contributed by atoms with Gasteiger partial charge in [-0.2, -0.15) is 0 Å². The number of aromatic hydroxyl groups is 2. The van der Waals surface area contributed by atoms with E-state index in [-0.39, 0.29) is 35.6 Å². The lowest BCUT2D eigenvalue weighted by atomic mass is 10.0. The van der Waals surface area contributed by atoms with Crippen LogP contribution in [0.15, 0.2) is 48.5 Å². The molecule has 0 fully saturated rings. The fourth-order valence-electron chi connectivity index (χ4n) is 2.54. The van der Waals surface area contributed by atoms with Crippen molar-refractivity contribution < 1.29 is 29.7 Å². The normalized spacial score (nSPS) is 11.6. The van der Waals surface area contributed by atoms with Crippen molar-refractivity contribution in [2.24, 2.45) is 5.73 Å². The Morgan fingerprint density at radius 1 is 0.852 bits per heavy atom. The third-order valence-electron chi connectivity index (χ3n) is 3.94. The maximum absolute atomic E-state index is 12.9. The molecule has 2 amide bonds. The number of imide groups is 1. The number of hydrogen-bond acceptors (Lipinski definition) is 6. The van der Waals surface area contributed by atoms with Crippen molar-refractivity contribution in [1.82, 2.24) is 4.90 Å². The summed E-state index contributed by atoms with van der Waals surface area (Å²) in [5.74, 6) is -3.08. The highest BCUT2D eigenvalue weighted by Crippen LogP contribution is 2.20. The van der Waals surface area contributed by atoms with Gasteiger partial charge in [0, 0.05) is 11.1 Å². The average molecular weight is 372 g/mol. The fraction of sp³-hybridized carbons (Fsp3) is 0.211. The van der Waals surface area contributed by atoms with Gasteiger partial charge < -0.3 is 21.1 Å². The van der Waals surface area contributed by atoms with E-state index in [1.54, 1.807) is 0 Å². The Morgan fingerprint density at radius 2 is 1.26 bits per heavy atom. The molecule has 0 aliphatic heterocycles. The van der Waals surface area contributed by atoms with Crippen LogP contribution in [-0.2, 0) is 4.79 Å². The second kappa shape index (κ2) is 8.81. The number of amides is 2. The molecule has 2 rings (SSSR count). The number of nitrogens with zero attached hydrogens (tertiary/aromatic N) is 1. The van der Waals surface area contributed by atoms with Crippen molar-refractivity contribution in [3.05, 3.63) is 59.7 Å². The summed E-state index contributed by atoms with van der Waals surface area (Å²) in [6.07, 6.45) is 0.304. The van der Waals surface area contributed by atoms with Gasteiger partial charge in [0.05, 0.1) is 0 Å². The number of phenols is 2. The van der Waals surface area contributed by atoms with Gasteiger partial charge in [-0.25, -0.2) is 4.79 Å². The smallest absolute Gasteiger partial charge is 0.326 e. The minimum atomic E-state index is -1.41. The van der Waals surface area contributed by atoms with Crippen LogP contribution in [0.5, 0.6) is 11.5 Å². The Hall–Kier alpha value is -3.39. The summed E-state index contributed by atoms with van der Waals surface area (Å²) in [5.41, 5.74) is 5.56. The molecular weight excluding hydrogens is 352 g/mol. The van der Waals surface area contributed by atoms with Gasteiger partial charge >= 0.3 is 5.97 Å². The zero-order valence-electron chi connectivity index (χ0n) is 14.4. The number of carbonyl (C=O) groups is 3. The molecule has 0 heterocycles. The highest BCUT2D eigenvalue weighted by Gasteiger charge is 2.35. The lowest BCUT2D eigenvalue weighted by Crippen LogP contribution is -2.49. The molecule has 2 aromatic rings. The first-order chi connectivity index (χ1) is 12.8. The third kappa shape index (κ3) is 4.83. The SMILES string of the molecule is NCCCC(C(=O)O)N(C(=O)c1ccc(O)cc1)C(=O)c1ccc(O)cc1. The summed E-state index contributed by atoms with van der Waals surface area (Å²) in [6.45, 7) is 0.207. The second-order valence-corrected chi connectivity index (χ2v) is 5.86. The molecule has 0 aromatic heterocycles. The Labute approximate surface area is 155 Å². The Kier molecular flexibility index (Phi) is 6.51. The summed E-state index contributed by atoms with van der Waals surface area (Å²) in [6, 6.07) is 8.88. The molecule has 27 heavy (non-hydrogen) atoms. The lowest BCUT2D eigenvalue weighted by Gasteiger charge is -2.27. The standard InChI is InChI=1S/C19H20N2O6/c20-11-1-2-16(19(26)27)21(17(24)12-3-7-14(22)8-4-12)18(25)13-5-9-15(23)10-6-13/h3-10,16,22-23H,1-2,11,20H2,(H,26,27). The molecule has 0 saturated heterocycles. The van der Waals surface area contributed by atoms with Crippen molar-refractivity contribution in [2.45, 2.75) is 18.9 Å². The molecule has 0 aliphatic carbocycles. The van der Waals surface area contributed by atoms with E-state index in [1.807, 2.05) is 0 Å². The van der Waals surface area contributed by atoms with E-state index in [9.17, 15) is 29.7 Å². The molecule has 0 aliphatic rings. The van der Waals surface area contributed by atoms with E-state index in [0.29, 0.717) is 11.3 Å². The van der Waals surface area contributed by atoms with Crippen LogP contribution in [-0.4, -0.2) is 50.6 Å². The van der Waals surface area contributed by atoms with Crippen molar-refractivity contribution >= 4 is 17.8 Å². The fourth-order valence-corrected chi connectivity index (χ4v) is 2.54. The Morgan fingerprint density at radius 3 is 1.59 bits per heavy atom. The van der Waals surface area contributed by atoms with E-state index in [4.69, 9.17) is 5.73 Å². The summed E-state index contributed by atoms with van der Waals surface area (Å²) >= 11 is 0. The van der Waals surface area contributed by atoms with E-state index in [1.165, 1.54) is 48.5 Å². The number of carboxylic acids is 1. The molecule has 142 valence electrons. The van der Waals surface area contributed by atoms with Crippen LogP contribution in [0.3, 0.4) is 0 Å². The van der Waals surface area contributed by atoms with Crippen molar-refractivity contribution in [1.29, 1.82) is 0 Å². The first-order valence-corrected chi connectivity index (χ1v) is 8.24. The van der Waals surface area contributed by atoms with Crippen LogP contribution in [0.25, 0.3) is 0 Å². The number of rotatable bonds is 7. The largest absolute Gasteiger partial charge is 0.508 e. The van der Waals surface area contributed by atoms with Crippen LogP contribution < -0.4 is 5.73 Å². The molecule has 8 nitrogen and oxygen atoms in total. The molecule has 8 heteroatoms. The highest BCUT2D eigenvalue weighted by atomic mass is 16.4. The van der Waals surface area contributed by atoms with E-state index >= 15 is 0 Å². The van der Waals surface area contributed by atoms with Crippen LogP contribution in [0, 0.1) is 0 Å². The molecule has 0 bridgehead atoms. The van der Waals surface area contributed by atoms with Crippen LogP contribution in [0.4, 0.5) is 0 Å². The first kappa shape index (κ1) is 19.9. The summed E-state index contributed by atoms with van der Waals surface area (Å²) in [5, 5.41) is 28.3. The predicted molar refractivity (Wildman–Crippen MR) is 96.4 cm³/mol. The quantitative estimate of drug-likeness (QED) is 0.541. The number of carboxylic acid groups (broad SMARTS) is 1. The first-order valence-electron chi connectivity index (χ1n) is 8.24. The maximum atomic E-state index is 12.9. The van der Waals surface area contributed by atoms with Crippen molar-refractivity contribution in [3.63, 3.8) is 0 Å². The molecule has 1 unspecified atom stereocenters. The second-order valence-electron chi connectivity index (χ2n) is 5.86. The van der Waals surface area contributed by atoms with Gasteiger partial charge in [-0.3, -0.25) is 14.5 Å². The monoisotopic (exact) mass is 372 g/mol. The summed E-state index contributed by atoms with van der Waals surface area (Å²) in [7, 11) is 0. The minimum Gasteiger partial charge on any atom is -0.508 e. The van der Waals surface area contributed by atoms with Gasteiger partial charge in [0.2, 0.25) is 0 Å². The topological polar surface area (TPSA) is 141 Å². The van der Waals surface area contributed by atoms with E-state index < -0.39 is 23.8 Å². The van der Waals surface area contributed by atoms with Gasteiger partial charge in [-0.15, -0.1) is 0 Å². The number of carbonyl (C=O) groups excluding carboxylic acids is 2. The summed E-state index contributed by atoms with van der Waals surface area (Å²) in [4.78, 5) is 38.3. The maximum Gasteiger partial charge on any atom is 0.326 e. The molecular formula is C19H20N2O6. The van der Waals surface area contributed by atoms with Crippen LogP contribution in [0.1, 0.15) is 33.6 Å². The highest BCUT2D eigenvalue weighted by molar-refractivity contribution is 6.12. The number of hydrogen-bond donors (Lipinski definition) is 4. The van der Waals surface area contributed by atoms with Crippen LogP contribution >= 0.6 is 0 Å². The van der Waals surface area contributed by atoms with Gasteiger partial charge in [-0.1, -0.05) is 0 Å². The molecule has 5 N–H and O–H groups in total. The molecule has 0 spiro atoms. The Bertz CT molecular complexity index is 760. The van der Waals surface area contributed by atoms with Gasteiger partial charge in [0.1, 0.15) is 17.5 Å². The summed E-state index contributed by atoms with van der Waals surface area (Å²) < 4.78 is 0. The molecule has 2 aromatic carbocycles. The predicted octanol–water partition coefficient (Wildman–Crippen LogP) is 1.57. The van der Waals surface area contributed by atoms with E-state index in [2.05, 4.69) is 0 Å². The molecule has 0 saturated carbocycles. The number of nitrogens with two attached hydrogens (primary N) is 1. The zero-order valence-corrected chi connectivity index (χ0v) is 14.4. The zero-order chi connectivity index (χ0) is 20.0. The number of aliphatic carboxylic acids is 1. The Balaban J connectivity index is 2.47. The van der Waals surface area contributed by atoms with Crippen molar-refractivity contribution in [2.75, 3.05) is 6.54 Å². The van der Waals surface area contributed by atoms with Crippen molar-refractivity contribution in [3.8, 4) is 11.5 Å². The van der Waals surface area contributed by atoms with Gasteiger partial charge in [0.25, 0.3) is 11.8 Å². The minimum absolute atomic E-state index is 0.000515. The van der Waals surface area contributed by atoms with Gasteiger partial charge in [0.15, 0.2) is 0 Å². The third-order valence-corrected chi connectivity index (χ3v) is 3.94. The molecule has 1 atom stereocenters. The van der Waals surface area contributed by atoms with E-state index in [0.717, 1.165) is 0 Å². The number of benzene rings is 2.